The molecule has 0 aliphatic carbocycles. The van der Waals surface area contributed by atoms with Crippen LogP contribution in [0.5, 0.6) is 0 Å². The lowest BCUT2D eigenvalue weighted by molar-refractivity contribution is 0.0740. The maximum Gasteiger partial charge on any atom is 0.362 e. The zero-order valence-electron chi connectivity index (χ0n) is 21.5. The third-order valence-corrected chi connectivity index (χ3v) is 8.97. The average molecular weight is 644 g/mol. The molecule has 3 heterocycles. The third-order valence-electron chi connectivity index (χ3n) is 6.73. The van der Waals surface area contributed by atoms with Crippen molar-refractivity contribution in [1.29, 1.82) is 0 Å². The van der Waals surface area contributed by atoms with Crippen molar-refractivity contribution in [2.75, 3.05) is 25.1 Å². The van der Waals surface area contributed by atoms with E-state index in [1.54, 1.807) is 30.2 Å². The molecular formula is C27H23Cl3F2N4O4S. The number of carbonyl (C=O) groups excluding carboxylic acids is 2. The zero-order chi connectivity index (χ0) is 29.5. The van der Waals surface area contributed by atoms with Crippen LogP contribution >= 0.6 is 46.6 Å². The Bertz CT molecular complexity index is 1580. The summed E-state index contributed by atoms with van der Waals surface area (Å²) >= 11 is 18.6. The number of anilines is 1. The lowest BCUT2D eigenvalue weighted by Gasteiger charge is -2.29. The van der Waals surface area contributed by atoms with Crippen molar-refractivity contribution < 1.29 is 23.1 Å². The van der Waals surface area contributed by atoms with E-state index in [9.17, 15) is 23.2 Å². The van der Waals surface area contributed by atoms with Crippen molar-refractivity contribution in [3.63, 3.8) is 0 Å². The number of methoxy groups -OCH3 is 1. The summed E-state index contributed by atoms with van der Waals surface area (Å²) in [5.41, 5.74) is 0.800. The number of benzene rings is 2. The highest BCUT2D eigenvalue weighted by atomic mass is 35.5. The van der Waals surface area contributed by atoms with Gasteiger partial charge >= 0.3 is 11.4 Å². The molecule has 1 saturated heterocycles. The molecule has 3 aromatic rings. The van der Waals surface area contributed by atoms with E-state index in [-0.39, 0.29) is 51.1 Å². The van der Waals surface area contributed by atoms with Gasteiger partial charge in [0.15, 0.2) is 0 Å². The molecule has 2 N–H and O–H groups in total. The topological polar surface area (TPSA) is 94.7 Å². The van der Waals surface area contributed by atoms with Crippen molar-refractivity contribution >= 4 is 64.2 Å². The van der Waals surface area contributed by atoms with E-state index in [2.05, 4.69) is 5.32 Å². The van der Waals surface area contributed by atoms with Gasteiger partial charge in [-0.2, -0.15) is 8.78 Å². The number of nitrogens with one attached hydrogen (secondary N) is 2. The fourth-order valence-electron chi connectivity index (χ4n) is 4.83. The quantitative estimate of drug-likeness (QED) is 0.293. The van der Waals surface area contributed by atoms with E-state index >= 15 is 0 Å². The van der Waals surface area contributed by atoms with Crippen molar-refractivity contribution in [3.8, 4) is 0 Å². The predicted octanol–water partition coefficient (Wildman–Crippen LogP) is 6.34. The molecule has 0 radical (unpaired) electrons. The van der Waals surface area contributed by atoms with Crippen LogP contribution in [0.3, 0.4) is 0 Å². The molecule has 5 rings (SSSR count). The fraction of sp³-hybridized carbons (Fsp3) is 0.296. The number of halogens is 5. The maximum absolute atomic E-state index is 14.0. The highest BCUT2D eigenvalue weighted by molar-refractivity contribution is 7.99. The lowest BCUT2D eigenvalue weighted by atomic mass is 10.0. The van der Waals surface area contributed by atoms with Crippen LogP contribution in [0.15, 0.2) is 51.0 Å². The molecule has 1 aromatic heterocycles. The Morgan fingerprint density at radius 2 is 1.80 bits per heavy atom. The number of hydrogen-bond acceptors (Lipinski definition) is 5. The number of urea groups is 1. The van der Waals surface area contributed by atoms with Crippen LogP contribution in [0.2, 0.25) is 10.0 Å². The standard InChI is InChI=1S/C27H23Cl3F2N4O4S/c1-40-13-16-8-14-11-35(12-15(14)9-19(16)36-7-3-6-33-26(36)39)25(38)22-20(10-21(27(30,31)32)34-24(22)37)41-23-17(28)4-2-5-18(23)29/h2,4-5,8-10H,3,6-7,11-13H2,1H3,(H,33,39)(H,34,37). The minimum atomic E-state index is -3.89. The molecule has 0 atom stereocenters. The number of aromatic nitrogens is 1. The summed E-state index contributed by atoms with van der Waals surface area (Å²) < 4.78 is 33.4. The molecule has 2 aliphatic heterocycles. The zero-order valence-corrected chi connectivity index (χ0v) is 24.6. The first-order valence-corrected chi connectivity index (χ1v) is 14.4. The number of pyridine rings is 1. The van der Waals surface area contributed by atoms with Gasteiger partial charge < -0.3 is 19.9 Å². The van der Waals surface area contributed by atoms with Crippen LogP contribution in [0.25, 0.3) is 0 Å². The molecule has 1 fully saturated rings. The van der Waals surface area contributed by atoms with Crippen LogP contribution in [0.4, 0.5) is 19.3 Å². The summed E-state index contributed by atoms with van der Waals surface area (Å²) in [6.07, 6.45) is 0.774. The summed E-state index contributed by atoms with van der Waals surface area (Å²) in [7, 11) is 1.55. The van der Waals surface area contributed by atoms with Crippen molar-refractivity contribution in [1.82, 2.24) is 15.2 Å². The van der Waals surface area contributed by atoms with Crippen molar-refractivity contribution in [2.45, 2.75) is 41.3 Å². The van der Waals surface area contributed by atoms with Gasteiger partial charge in [-0.15, -0.1) is 0 Å². The summed E-state index contributed by atoms with van der Waals surface area (Å²) in [4.78, 5) is 44.9. The van der Waals surface area contributed by atoms with E-state index in [0.29, 0.717) is 18.8 Å². The molecule has 0 spiro atoms. The van der Waals surface area contributed by atoms with E-state index in [0.717, 1.165) is 40.9 Å². The van der Waals surface area contributed by atoms with E-state index in [1.165, 1.54) is 4.90 Å². The minimum absolute atomic E-state index is 0.0780. The number of nitrogens with zero attached hydrogens (tertiary/aromatic N) is 2. The van der Waals surface area contributed by atoms with Gasteiger partial charge in [-0.1, -0.05) is 41.0 Å². The molecule has 0 saturated carbocycles. The van der Waals surface area contributed by atoms with Gasteiger partial charge in [0, 0.05) is 48.6 Å². The Hall–Kier alpha value is -2.83. The monoisotopic (exact) mass is 642 g/mol. The second-order valence-corrected chi connectivity index (χ2v) is 11.8. The number of rotatable bonds is 7. The average Bonchev–Trinajstić information content (AvgIpc) is 3.33. The molecule has 41 heavy (non-hydrogen) atoms. The van der Waals surface area contributed by atoms with E-state index in [1.807, 2.05) is 17.1 Å². The molecule has 216 valence electrons. The van der Waals surface area contributed by atoms with Gasteiger partial charge in [0.1, 0.15) is 11.3 Å². The molecule has 2 aliphatic rings. The molecular weight excluding hydrogens is 621 g/mol. The fourth-order valence-corrected chi connectivity index (χ4v) is 6.57. The van der Waals surface area contributed by atoms with Gasteiger partial charge in [0.25, 0.3) is 11.5 Å². The van der Waals surface area contributed by atoms with Crippen LogP contribution in [-0.4, -0.2) is 42.0 Å². The number of H-pyrrole nitrogens is 1. The SMILES string of the molecule is COCc1cc2c(cc1N1CCCNC1=O)CN(C(=O)c1c(Sc3c(Cl)cccc3Cl)cc(C(F)(F)Cl)[nH]c1=O)C2. The van der Waals surface area contributed by atoms with Gasteiger partial charge in [-0.25, -0.2) is 4.79 Å². The Kier molecular flexibility index (Phi) is 8.54. The van der Waals surface area contributed by atoms with E-state index in [4.69, 9.17) is 39.5 Å². The maximum atomic E-state index is 14.0. The number of alkyl halides is 3. The summed E-state index contributed by atoms with van der Waals surface area (Å²) in [5, 5.41) is -0.626. The molecule has 0 bridgehead atoms. The first-order valence-electron chi connectivity index (χ1n) is 12.4. The Labute approximate surface area is 252 Å². The molecule has 14 heteroatoms. The molecule has 8 nitrogen and oxygen atoms in total. The smallest absolute Gasteiger partial charge is 0.362 e. The third kappa shape index (κ3) is 6.05. The first-order chi connectivity index (χ1) is 19.5. The number of ether oxygens (including phenoxy) is 1. The largest absolute Gasteiger partial charge is 0.380 e. The summed E-state index contributed by atoms with van der Waals surface area (Å²) in [5.74, 6) is -0.678. The lowest BCUT2D eigenvalue weighted by Crippen LogP contribution is -2.47. The van der Waals surface area contributed by atoms with Crippen LogP contribution in [-0.2, 0) is 29.8 Å². The van der Waals surface area contributed by atoms with Crippen molar-refractivity contribution in [2.24, 2.45) is 0 Å². The van der Waals surface area contributed by atoms with Crippen molar-refractivity contribution in [3.05, 3.63) is 84.7 Å². The normalized spacial score (nSPS) is 15.2. The highest BCUT2D eigenvalue weighted by Crippen LogP contribution is 2.42. The van der Waals surface area contributed by atoms with Gasteiger partial charge in [-0.05, 0) is 59.5 Å². The number of aromatic amines is 1. The van der Waals surface area contributed by atoms with Gasteiger partial charge in [0.2, 0.25) is 0 Å². The second-order valence-electron chi connectivity index (χ2n) is 9.48. The number of hydrogen-bond donors (Lipinski definition) is 2. The first kappa shape index (κ1) is 29.7. The van der Waals surface area contributed by atoms with E-state index < -0.39 is 22.5 Å². The Morgan fingerprint density at radius 3 is 2.44 bits per heavy atom. The van der Waals surface area contributed by atoms with Crippen LogP contribution in [0.1, 0.15) is 39.2 Å². The highest BCUT2D eigenvalue weighted by Gasteiger charge is 2.35. The minimum Gasteiger partial charge on any atom is -0.380 e. The Morgan fingerprint density at radius 1 is 1.12 bits per heavy atom. The summed E-state index contributed by atoms with van der Waals surface area (Å²) in [6, 6.07) is 9.18. The number of carbonyl (C=O) groups is 2. The number of amides is 3. The predicted molar refractivity (Wildman–Crippen MR) is 153 cm³/mol. The van der Waals surface area contributed by atoms with Gasteiger partial charge in [-0.3, -0.25) is 14.5 Å². The summed E-state index contributed by atoms with van der Waals surface area (Å²) in [6.45, 7) is 1.65. The van der Waals surface area contributed by atoms with Gasteiger partial charge in [0.05, 0.1) is 22.3 Å². The van der Waals surface area contributed by atoms with Crippen LogP contribution in [0, 0.1) is 0 Å². The Balaban J connectivity index is 1.52. The second kappa shape index (κ2) is 11.8. The molecule has 3 amide bonds. The molecule has 2 aromatic carbocycles. The molecule has 0 unspecified atom stereocenters. The number of fused-ring (bicyclic) bond motifs is 1. The van der Waals surface area contributed by atoms with Crippen LogP contribution < -0.4 is 15.8 Å².